The van der Waals surface area contributed by atoms with Crippen molar-refractivity contribution in [1.82, 2.24) is 15.5 Å². The molecular weight excluding hydrogens is 430 g/mol. The maximum absolute atomic E-state index is 13.2. The molecule has 31 heavy (non-hydrogen) atoms. The molecule has 0 aliphatic heterocycles. The van der Waals surface area contributed by atoms with E-state index in [1.165, 1.54) is 0 Å². The molecule has 0 radical (unpaired) electrons. The van der Waals surface area contributed by atoms with Crippen molar-refractivity contribution < 1.29 is 13.9 Å². The molecule has 0 saturated carbocycles. The summed E-state index contributed by atoms with van der Waals surface area (Å²) in [5, 5.41) is 13.2. The Morgan fingerprint density at radius 1 is 1.23 bits per heavy atom. The van der Waals surface area contributed by atoms with Crippen molar-refractivity contribution in [3.63, 3.8) is 0 Å². The van der Waals surface area contributed by atoms with Gasteiger partial charge >= 0.3 is 0 Å². The molecule has 0 saturated heterocycles. The molecule has 4 aromatic rings. The third-order valence-electron chi connectivity index (χ3n) is 4.77. The zero-order valence-electron chi connectivity index (χ0n) is 17.5. The van der Waals surface area contributed by atoms with Gasteiger partial charge in [0.05, 0.1) is 12.6 Å². The average molecular weight is 454 g/mol. The number of carbonyl (C=O) groups excluding carboxylic acids is 1. The first-order valence-electron chi connectivity index (χ1n) is 10.0. The lowest BCUT2D eigenvalue weighted by Gasteiger charge is -2.15. The van der Waals surface area contributed by atoms with Gasteiger partial charge in [-0.05, 0) is 44.5 Å². The molecule has 2 heterocycles. The summed E-state index contributed by atoms with van der Waals surface area (Å²) < 4.78 is 12.4. The zero-order chi connectivity index (χ0) is 21.8. The fourth-order valence-corrected chi connectivity index (χ4v) is 5.13. The van der Waals surface area contributed by atoms with Gasteiger partial charge in [-0.1, -0.05) is 53.4 Å². The molecular formula is C23H23N3O3S2. The van der Waals surface area contributed by atoms with E-state index >= 15 is 0 Å². The molecule has 4 rings (SSSR count). The summed E-state index contributed by atoms with van der Waals surface area (Å²) in [6, 6.07) is 15.3. The molecule has 1 atom stereocenters. The minimum absolute atomic E-state index is 0.201. The monoisotopic (exact) mass is 453 g/mol. The first-order valence-corrected chi connectivity index (χ1v) is 11.8. The smallest absolute Gasteiger partial charge is 0.287 e. The highest BCUT2D eigenvalue weighted by Gasteiger charge is 2.23. The topological polar surface area (TPSA) is 77.2 Å². The van der Waals surface area contributed by atoms with E-state index in [1.54, 1.807) is 23.1 Å². The fourth-order valence-electron chi connectivity index (χ4n) is 3.28. The Hall–Kier alpha value is -2.84. The van der Waals surface area contributed by atoms with Crippen LogP contribution < -0.4 is 10.1 Å². The van der Waals surface area contributed by atoms with Crippen LogP contribution in [0.15, 0.2) is 57.3 Å². The fraction of sp³-hybridized carbons (Fsp3) is 0.261. The molecule has 1 N–H and O–H groups in total. The van der Waals surface area contributed by atoms with Crippen molar-refractivity contribution in [2.24, 2.45) is 0 Å². The van der Waals surface area contributed by atoms with Crippen molar-refractivity contribution in [1.29, 1.82) is 0 Å². The number of nitrogens with one attached hydrogen (secondary N) is 1. The molecule has 160 valence electrons. The number of aromatic nitrogens is 2. The summed E-state index contributed by atoms with van der Waals surface area (Å²) in [4.78, 5) is 13.2. The molecule has 1 unspecified atom stereocenters. The minimum atomic E-state index is -0.241. The number of amides is 1. The third-order valence-corrected chi connectivity index (χ3v) is 6.77. The largest absolute Gasteiger partial charge is 0.494 e. The molecule has 2 aromatic carbocycles. The zero-order valence-corrected chi connectivity index (χ0v) is 19.2. The maximum atomic E-state index is 13.2. The van der Waals surface area contributed by atoms with Crippen LogP contribution in [0.25, 0.3) is 11.0 Å². The van der Waals surface area contributed by atoms with Gasteiger partial charge in [0, 0.05) is 16.7 Å². The first-order chi connectivity index (χ1) is 15.0. The number of furan rings is 1. The Morgan fingerprint density at radius 3 is 2.84 bits per heavy atom. The van der Waals surface area contributed by atoms with E-state index in [4.69, 9.17) is 9.15 Å². The van der Waals surface area contributed by atoms with Gasteiger partial charge in [0.1, 0.15) is 16.3 Å². The van der Waals surface area contributed by atoms with Crippen molar-refractivity contribution in [2.75, 3.05) is 6.61 Å². The SMILES string of the molecule is CCOc1cccc(C(C)NC(=O)c2oc3ccccc3c2CSc2nnc(C)s2)c1. The molecule has 2 aromatic heterocycles. The summed E-state index contributed by atoms with van der Waals surface area (Å²) in [7, 11) is 0. The molecule has 0 spiro atoms. The van der Waals surface area contributed by atoms with Crippen LogP contribution in [-0.4, -0.2) is 22.7 Å². The van der Waals surface area contributed by atoms with Crippen LogP contribution in [0.5, 0.6) is 5.75 Å². The van der Waals surface area contributed by atoms with Gasteiger partial charge in [-0.15, -0.1) is 10.2 Å². The number of thioether (sulfide) groups is 1. The van der Waals surface area contributed by atoms with E-state index in [1.807, 2.05) is 69.3 Å². The van der Waals surface area contributed by atoms with Gasteiger partial charge in [0.2, 0.25) is 0 Å². The maximum Gasteiger partial charge on any atom is 0.287 e. The Labute approximate surface area is 189 Å². The van der Waals surface area contributed by atoms with Crippen LogP contribution in [0, 0.1) is 6.92 Å². The number of benzene rings is 2. The van der Waals surface area contributed by atoms with E-state index < -0.39 is 0 Å². The number of aryl methyl sites for hydroxylation is 1. The van der Waals surface area contributed by atoms with Gasteiger partial charge in [-0.3, -0.25) is 4.79 Å². The minimum Gasteiger partial charge on any atom is -0.494 e. The second-order valence-corrected chi connectivity index (χ2v) is 9.39. The number of ether oxygens (including phenoxy) is 1. The first kappa shape index (κ1) is 21.4. The van der Waals surface area contributed by atoms with Crippen molar-refractivity contribution in [3.05, 3.63) is 70.4 Å². The summed E-state index contributed by atoms with van der Waals surface area (Å²) in [5.74, 6) is 1.45. The molecule has 0 fully saturated rings. The summed E-state index contributed by atoms with van der Waals surface area (Å²) in [6.45, 7) is 6.42. The second kappa shape index (κ2) is 9.53. The van der Waals surface area contributed by atoms with Crippen LogP contribution in [0.4, 0.5) is 0 Å². The lowest BCUT2D eigenvalue weighted by atomic mass is 10.1. The van der Waals surface area contributed by atoms with Gasteiger partial charge in [-0.25, -0.2) is 0 Å². The number of nitrogens with zero attached hydrogens (tertiary/aromatic N) is 2. The second-order valence-electron chi connectivity index (χ2n) is 6.98. The summed E-state index contributed by atoms with van der Waals surface area (Å²) >= 11 is 3.10. The average Bonchev–Trinajstić information content (AvgIpc) is 3.36. The molecule has 6 nitrogen and oxygen atoms in total. The normalized spacial score (nSPS) is 12.1. The van der Waals surface area contributed by atoms with Crippen LogP contribution in [0.1, 0.15) is 46.6 Å². The highest BCUT2D eigenvalue weighted by Crippen LogP contribution is 2.33. The molecule has 0 aliphatic carbocycles. The lowest BCUT2D eigenvalue weighted by molar-refractivity contribution is 0.0913. The predicted octanol–water partition coefficient (Wildman–Crippen LogP) is 5.77. The quantitative estimate of drug-likeness (QED) is 0.341. The van der Waals surface area contributed by atoms with E-state index in [0.717, 1.165) is 31.6 Å². The number of hydrogen-bond acceptors (Lipinski definition) is 7. The predicted molar refractivity (Wildman–Crippen MR) is 124 cm³/mol. The molecule has 8 heteroatoms. The van der Waals surface area contributed by atoms with Crippen molar-refractivity contribution in [3.8, 4) is 5.75 Å². The highest BCUT2D eigenvalue weighted by atomic mass is 32.2. The third kappa shape index (κ3) is 4.91. The van der Waals surface area contributed by atoms with Crippen LogP contribution in [-0.2, 0) is 5.75 Å². The van der Waals surface area contributed by atoms with Gasteiger partial charge in [0.15, 0.2) is 10.1 Å². The highest BCUT2D eigenvalue weighted by molar-refractivity contribution is 8.00. The summed E-state index contributed by atoms with van der Waals surface area (Å²) in [6.07, 6.45) is 0. The van der Waals surface area contributed by atoms with Gasteiger partial charge in [0.25, 0.3) is 5.91 Å². The van der Waals surface area contributed by atoms with E-state index in [0.29, 0.717) is 23.7 Å². The molecule has 1 amide bonds. The number of hydrogen-bond donors (Lipinski definition) is 1. The molecule has 0 bridgehead atoms. The van der Waals surface area contributed by atoms with Crippen molar-refractivity contribution in [2.45, 2.75) is 36.9 Å². The van der Waals surface area contributed by atoms with Gasteiger partial charge in [-0.2, -0.15) is 0 Å². The number of para-hydroxylation sites is 1. The Balaban J connectivity index is 1.57. The van der Waals surface area contributed by atoms with Crippen LogP contribution in [0.3, 0.4) is 0 Å². The van der Waals surface area contributed by atoms with Crippen molar-refractivity contribution >= 4 is 40.0 Å². The van der Waals surface area contributed by atoms with Gasteiger partial charge < -0.3 is 14.5 Å². The lowest BCUT2D eigenvalue weighted by Crippen LogP contribution is -2.27. The van der Waals surface area contributed by atoms with E-state index in [9.17, 15) is 4.79 Å². The molecule has 0 aliphatic rings. The summed E-state index contributed by atoms with van der Waals surface area (Å²) in [5.41, 5.74) is 2.53. The number of rotatable bonds is 8. The van der Waals surface area contributed by atoms with Crippen LogP contribution in [0.2, 0.25) is 0 Å². The van der Waals surface area contributed by atoms with E-state index in [-0.39, 0.29) is 11.9 Å². The standard InChI is InChI=1S/C23H23N3O3S2/c1-4-28-17-9-7-8-16(12-17)14(2)24-22(27)21-19(13-30-23-26-25-15(3)31-23)18-10-5-6-11-20(18)29-21/h5-12,14H,4,13H2,1-3H3,(H,24,27). The van der Waals surface area contributed by atoms with E-state index in [2.05, 4.69) is 15.5 Å². The Kier molecular flexibility index (Phi) is 6.58. The number of fused-ring (bicyclic) bond motifs is 1. The Morgan fingerprint density at radius 2 is 2.06 bits per heavy atom. The van der Waals surface area contributed by atoms with Crippen LogP contribution >= 0.6 is 23.1 Å². The number of carbonyl (C=O) groups is 1. The Bertz CT molecular complexity index is 1200.